The average molecular weight is 335 g/mol. The maximum atomic E-state index is 5.78. The Kier molecular flexibility index (Phi) is 3.73. The Labute approximate surface area is 126 Å². The van der Waals surface area contributed by atoms with Crippen molar-refractivity contribution in [2.24, 2.45) is 0 Å². The molecule has 1 N–H and O–H groups in total. The largest absolute Gasteiger partial charge is 0.491 e. The number of para-hydroxylation sites is 1. The average Bonchev–Trinajstić information content (AvgIpc) is 2.70. The molecule has 0 atom stereocenters. The molecule has 1 aromatic carbocycles. The SMILES string of the molecule is CNc1ncc(Br)c(N2CCOc3ccccc3C2)n1. The second-order valence-corrected chi connectivity index (χ2v) is 5.35. The molecule has 0 bridgehead atoms. The van der Waals surface area contributed by atoms with E-state index in [0.717, 1.165) is 29.1 Å². The zero-order valence-corrected chi connectivity index (χ0v) is 12.7. The van der Waals surface area contributed by atoms with E-state index in [1.165, 1.54) is 5.56 Å². The van der Waals surface area contributed by atoms with Gasteiger partial charge in [-0.1, -0.05) is 18.2 Å². The number of halogens is 1. The Bertz CT molecular complexity index is 620. The van der Waals surface area contributed by atoms with Gasteiger partial charge in [0.1, 0.15) is 18.2 Å². The van der Waals surface area contributed by atoms with E-state index < -0.39 is 0 Å². The Morgan fingerprint density at radius 2 is 2.20 bits per heavy atom. The molecule has 0 saturated carbocycles. The summed E-state index contributed by atoms with van der Waals surface area (Å²) in [6.07, 6.45) is 1.77. The molecule has 5 nitrogen and oxygen atoms in total. The second-order valence-electron chi connectivity index (χ2n) is 4.49. The van der Waals surface area contributed by atoms with Crippen molar-refractivity contribution in [2.75, 3.05) is 30.4 Å². The van der Waals surface area contributed by atoms with Crippen LogP contribution in [0.3, 0.4) is 0 Å². The van der Waals surface area contributed by atoms with Crippen LogP contribution in [-0.4, -0.2) is 30.2 Å². The Morgan fingerprint density at radius 1 is 1.35 bits per heavy atom. The van der Waals surface area contributed by atoms with Crippen molar-refractivity contribution < 1.29 is 4.74 Å². The van der Waals surface area contributed by atoms with Crippen molar-refractivity contribution in [1.29, 1.82) is 0 Å². The summed E-state index contributed by atoms with van der Waals surface area (Å²) >= 11 is 3.53. The summed E-state index contributed by atoms with van der Waals surface area (Å²) in [6, 6.07) is 8.11. The van der Waals surface area contributed by atoms with Crippen LogP contribution in [0.1, 0.15) is 5.56 Å². The molecule has 0 aliphatic carbocycles. The number of nitrogens with zero attached hydrogens (tertiary/aromatic N) is 3. The molecule has 0 spiro atoms. The summed E-state index contributed by atoms with van der Waals surface area (Å²) in [6.45, 7) is 2.20. The highest BCUT2D eigenvalue weighted by Gasteiger charge is 2.18. The lowest BCUT2D eigenvalue weighted by Gasteiger charge is -2.22. The van der Waals surface area contributed by atoms with Gasteiger partial charge in [0.05, 0.1) is 11.0 Å². The number of nitrogens with one attached hydrogen (secondary N) is 1. The predicted octanol–water partition coefficient (Wildman–Crippen LogP) is 2.68. The van der Waals surface area contributed by atoms with Crippen LogP contribution in [0.4, 0.5) is 11.8 Å². The van der Waals surface area contributed by atoms with Crippen molar-refractivity contribution >= 4 is 27.7 Å². The molecular weight excluding hydrogens is 320 g/mol. The van der Waals surface area contributed by atoms with Gasteiger partial charge >= 0.3 is 0 Å². The summed E-state index contributed by atoms with van der Waals surface area (Å²) in [4.78, 5) is 10.9. The lowest BCUT2D eigenvalue weighted by atomic mass is 10.2. The van der Waals surface area contributed by atoms with Crippen molar-refractivity contribution in [1.82, 2.24) is 9.97 Å². The third kappa shape index (κ3) is 2.56. The predicted molar refractivity (Wildman–Crippen MR) is 82.3 cm³/mol. The number of hydrogen-bond acceptors (Lipinski definition) is 5. The second kappa shape index (κ2) is 5.66. The third-order valence-electron chi connectivity index (χ3n) is 3.20. The molecule has 1 aliphatic rings. The van der Waals surface area contributed by atoms with Gasteiger partial charge in [0.2, 0.25) is 5.95 Å². The zero-order chi connectivity index (χ0) is 13.9. The minimum Gasteiger partial charge on any atom is -0.491 e. The smallest absolute Gasteiger partial charge is 0.224 e. The Balaban J connectivity index is 1.95. The molecule has 0 amide bonds. The molecule has 6 heteroatoms. The molecule has 104 valence electrons. The fourth-order valence-electron chi connectivity index (χ4n) is 2.21. The maximum absolute atomic E-state index is 5.78. The first-order chi connectivity index (χ1) is 9.78. The van der Waals surface area contributed by atoms with Crippen LogP contribution in [0.15, 0.2) is 34.9 Å². The van der Waals surface area contributed by atoms with Gasteiger partial charge in [-0.05, 0) is 22.0 Å². The number of aromatic nitrogens is 2. The van der Waals surface area contributed by atoms with E-state index in [-0.39, 0.29) is 0 Å². The number of anilines is 2. The highest BCUT2D eigenvalue weighted by molar-refractivity contribution is 9.10. The molecule has 1 aromatic heterocycles. The number of hydrogen-bond donors (Lipinski definition) is 1. The van der Waals surface area contributed by atoms with Crippen molar-refractivity contribution in [2.45, 2.75) is 6.54 Å². The lowest BCUT2D eigenvalue weighted by Crippen LogP contribution is -2.26. The fourth-order valence-corrected chi connectivity index (χ4v) is 2.65. The maximum Gasteiger partial charge on any atom is 0.224 e. The van der Waals surface area contributed by atoms with Crippen LogP contribution in [0.5, 0.6) is 5.75 Å². The Hall–Kier alpha value is -1.82. The van der Waals surface area contributed by atoms with E-state index in [2.05, 4.69) is 42.2 Å². The Morgan fingerprint density at radius 3 is 3.05 bits per heavy atom. The molecule has 0 fully saturated rings. The minimum absolute atomic E-state index is 0.613. The first-order valence-corrected chi connectivity index (χ1v) is 7.23. The third-order valence-corrected chi connectivity index (χ3v) is 3.76. The molecule has 0 radical (unpaired) electrons. The minimum atomic E-state index is 0.613. The summed E-state index contributed by atoms with van der Waals surface area (Å²) < 4.78 is 6.67. The van der Waals surface area contributed by atoms with Gasteiger partial charge in [-0.2, -0.15) is 4.98 Å². The standard InChI is InChI=1S/C14H15BrN4O/c1-16-14-17-8-11(15)13(18-14)19-6-7-20-12-5-3-2-4-10(12)9-19/h2-5,8H,6-7,9H2,1H3,(H,16,17,18). The summed E-state index contributed by atoms with van der Waals surface area (Å²) in [5, 5.41) is 2.97. The van der Waals surface area contributed by atoms with Gasteiger partial charge in [0.25, 0.3) is 0 Å². The van der Waals surface area contributed by atoms with Gasteiger partial charge in [-0.25, -0.2) is 4.98 Å². The fraction of sp³-hybridized carbons (Fsp3) is 0.286. The van der Waals surface area contributed by atoms with Crippen LogP contribution in [0, 0.1) is 0 Å². The first kappa shape index (κ1) is 13.2. The quantitative estimate of drug-likeness (QED) is 0.914. The van der Waals surface area contributed by atoms with Crippen LogP contribution in [0.2, 0.25) is 0 Å². The molecule has 20 heavy (non-hydrogen) atoms. The normalized spacial score (nSPS) is 14.2. The number of benzene rings is 1. The van der Waals surface area contributed by atoms with Gasteiger partial charge in [-0.3, -0.25) is 0 Å². The van der Waals surface area contributed by atoms with E-state index in [0.29, 0.717) is 12.6 Å². The monoisotopic (exact) mass is 334 g/mol. The topological polar surface area (TPSA) is 50.3 Å². The molecular formula is C14H15BrN4O. The van der Waals surface area contributed by atoms with E-state index in [9.17, 15) is 0 Å². The number of fused-ring (bicyclic) bond motifs is 1. The highest BCUT2D eigenvalue weighted by atomic mass is 79.9. The van der Waals surface area contributed by atoms with E-state index in [4.69, 9.17) is 4.74 Å². The van der Waals surface area contributed by atoms with Crippen molar-refractivity contribution in [3.8, 4) is 5.75 Å². The van der Waals surface area contributed by atoms with Gasteiger partial charge in [0.15, 0.2) is 0 Å². The van der Waals surface area contributed by atoms with Crippen molar-refractivity contribution in [3.63, 3.8) is 0 Å². The molecule has 3 rings (SSSR count). The van der Waals surface area contributed by atoms with Crippen LogP contribution < -0.4 is 15.0 Å². The van der Waals surface area contributed by atoms with Gasteiger partial charge in [0, 0.05) is 25.4 Å². The molecule has 1 aliphatic heterocycles. The molecule has 0 saturated heterocycles. The van der Waals surface area contributed by atoms with Crippen LogP contribution >= 0.6 is 15.9 Å². The van der Waals surface area contributed by atoms with Crippen molar-refractivity contribution in [3.05, 3.63) is 40.5 Å². The lowest BCUT2D eigenvalue weighted by molar-refractivity contribution is 0.331. The summed E-state index contributed by atoms with van der Waals surface area (Å²) in [5.41, 5.74) is 1.17. The van der Waals surface area contributed by atoms with Crippen LogP contribution in [0.25, 0.3) is 0 Å². The van der Waals surface area contributed by atoms with Gasteiger partial charge in [-0.15, -0.1) is 0 Å². The highest BCUT2D eigenvalue weighted by Crippen LogP contribution is 2.29. The van der Waals surface area contributed by atoms with E-state index in [1.807, 2.05) is 25.2 Å². The first-order valence-electron chi connectivity index (χ1n) is 6.44. The summed E-state index contributed by atoms with van der Waals surface area (Å²) in [5.74, 6) is 2.44. The molecule has 2 heterocycles. The number of ether oxygens (including phenoxy) is 1. The van der Waals surface area contributed by atoms with E-state index in [1.54, 1.807) is 6.20 Å². The van der Waals surface area contributed by atoms with Crippen LogP contribution in [-0.2, 0) is 6.54 Å². The summed E-state index contributed by atoms with van der Waals surface area (Å²) in [7, 11) is 1.81. The van der Waals surface area contributed by atoms with Gasteiger partial charge < -0.3 is 15.0 Å². The zero-order valence-electron chi connectivity index (χ0n) is 11.1. The molecule has 0 unspecified atom stereocenters. The molecule has 2 aromatic rings. The number of rotatable bonds is 2. The van der Waals surface area contributed by atoms with E-state index >= 15 is 0 Å².